The Balaban J connectivity index is 1.95. The van der Waals surface area contributed by atoms with Crippen LogP contribution in [0.5, 0.6) is 5.75 Å². The molecule has 0 saturated heterocycles. The number of hydrogen-bond donors (Lipinski definition) is 0. The van der Waals surface area contributed by atoms with E-state index in [4.69, 9.17) is 9.73 Å². The second-order valence-electron chi connectivity index (χ2n) is 5.62. The van der Waals surface area contributed by atoms with Crippen molar-refractivity contribution in [3.63, 3.8) is 0 Å². The van der Waals surface area contributed by atoms with Crippen LogP contribution < -0.4 is 4.74 Å². The minimum atomic E-state index is -0.330. The zero-order valence-corrected chi connectivity index (χ0v) is 14.8. The molecule has 2 atom stereocenters. The first-order valence-corrected chi connectivity index (χ1v) is 8.96. The molecular formula is C19H20N2O2S. The van der Waals surface area contributed by atoms with Gasteiger partial charge in [-0.2, -0.15) is 0 Å². The number of amidine groups is 1. The van der Waals surface area contributed by atoms with Gasteiger partial charge in [0.05, 0.1) is 7.11 Å². The quantitative estimate of drug-likeness (QED) is 0.797. The summed E-state index contributed by atoms with van der Waals surface area (Å²) >= 11 is 1.57. The number of carbonyl (C=O) groups excluding carboxylic acids is 1. The van der Waals surface area contributed by atoms with Crippen LogP contribution in [0.3, 0.4) is 0 Å². The molecule has 0 aliphatic carbocycles. The summed E-state index contributed by atoms with van der Waals surface area (Å²) < 4.78 is 5.17. The number of aliphatic imine (C=N–C) groups is 1. The van der Waals surface area contributed by atoms with Crippen molar-refractivity contribution in [2.45, 2.75) is 12.1 Å². The van der Waals surface area contributed by atoms with Crippen molar-refractivity contribution in [3.8, 4) is 5.75 Å². The van der Waals surface area contributed by atoms with Crippen LogP contribution in [0.1, 0.15) is 22.0 Å². The number of nitrogens with zero attached hydrogens (tertiary/aromatic N) is 2. The van der Waals surface area contributed by atoms with Crippen LogP contribution in [0.25, 0.3) is 0 Å². The summed E-state index contributed by atoms with van der Waals surface area (Å²) in [7, 11) is 3.55. The average Bonchev–Trinajstić information content (AvgIpc) is 2.98. The van der Waals surface area contributed by atoms with E-state index in [0.717, 1.165) is 16.5 Å². The number of rotatable bonds is 4. The molecule has 0 N–H and O–H groups in total. The molecule has 0 saturated carbocycles. The number of carbonyl (C=O) groups is 1. The molecule has 124 valence electrons. The number of ketones is 1. The van der Waals surface area contributed by atoms with E-state index in [1.165, 1.54) is 0 Å². The highest BCUT2D eigenvalue weighted by atomic mass is 32.2. The third kappa shape index (κ3) is 3.04. The van der Waals surface area contributed by atoms with Gasteiger partial charge in [0, 0.05) is 12.6 Å². The van der Waals surface area contributed by atoms with Crippen molar-refractivity contribution in [1.29, 1.82) is 0 Å². The van der Waals surface area contributed by atoms with E-state index >= 15 is 0 Å². The Bertz CT molecular complexity index is 744. The maximum absolute atomic E-state index is 13.1. The predicted octanol–water partition coefficient (Wildman–Crippen LogP) is 3.65. The van der Waals surface area contributed by atoms with Crippen LogP contribution >= 0.6 is 11.8 Å². The van der Waals surface area contributed by atoms with Crippen LogP contribution in [-0.2, 0) is 0 Å². The fourth-order valence-electron chi connectivity index (χ4n) is 2.96. The Morgan fingerprint density at radius 2 is 1.79 bits per heavy atom. The van der Waals surface area contributed by atoms with Gasteiger partial charge in [-0.15, -0.1) is 0 Å². The Morgan fingerprint density at radius 3 is 2.38 bits per heavy atom. The van der Waals surface area contributed by atoms with Crippen molar-refractivity contribution in [2.75, 3.05) is 20.4 Å². The molecule has 24 heavy (non-hydrogen) atoms. The Morgan fingerprint density at radius 1 is 1.12 bits per heavy atom. The van der Waals surface area contributed by atoms with Gasteiger partial charge in [-0.05, 0) is 36.1 Å². The molecular weight excluding hydrogens is 320 g/mol. The van der Waals surface area contributed by atoms with Crippen molar-refractivity contribution < 1.29 is 9.53 Å². The van der Waals surface area contributed by atoms with Crippen LogP contribution in [0.15, 0.2) is 59.6 Å². The molecule has 0 amide bonds. The van der Waals surface area contributed by atoms with E-state index in [1.807, 2.05) is 72.8 Å². The highest BCUT2D eigenvalue weighted by Gasteiger charge is 2.39. The predicted molar refractivity (Wildman–Crippen MR) is 99.0 cm³/mol. The van der Waals surface area contributed by atoms with Crippen LogP contribution in [0.2, 0.25) is 0 Å². The zero-order valence-electron chi connectivity index (χ0n) is 14.0. The first-order chi connectivity index (χ1) is 11.7. The summed E-state index contributed by atoms with van der Waals surface area (Å²) in [6.07, 6.45) is 1.98. The van der Waals surface area contributed by atoms with E-state index < -0.39 is 0 Å². The molecule has 5 heteroatoms. The molecule has 2 aromatic rings. The van der Waals surface area contributed by atoms with E-state index in [9.17, 15) is 4.79 Å². The molecule has 1 aliphatic heterocycles. The fraction of sp³-hybridized carbons (Fsp3) is 0.263. The number of Topliss-reactive ketones (excluding diaryl/α,β-unsaturated/α-hetero) is 1. The normalized spacial score (nSPS) is 20.0. The third-order valence-corrected chi connectivity index (χ3v) is 4.99. The molecule has 1 heterocycles. The number of benzene rings is 2. The van der Waals surface area contributed by atoms with Gasteiger partial charge in [0.25, 0.3) is 0 Å². The van der Waals surface area contributed by atoms with Crippen LogP contribution in [0, 0.1) is 0 Å². The van der Waals surface area contributed by atoms with Crippen LogP contribution in [-0.4, -0.2) is 42.3 Å². The fourth-order valence-corrected chi connectivity index (χ4v) is 3.58. The van der Waals surface area contributed by atoms with E-state index in [0.29, 0.717) is 5.56 Å². The van der Waals surface area contributed by atoms with Gasteiger partial charge >= 0.3 is 0 Å². The first kappa shape index (κ1) is 16.6. The zero-order chi connectivity index (χ0) is 17.1. The molecule has 0 spiro atoms. The molecule has 0 bridgehead atoms. The summed E-state index contributed by atoms with van der Waals surface area (Å²) in [5.41, 5.74) is 1.73. The first-order valence-electron chi connectivity index (χ1n) is 7.73. The summed E-state index contributed by atoms with van der Waals surface area (Å²) in [4.78, 5) is 19.9. The summed E-state index contributed by atoms with van der Waals surface area (Å²) in [6.45, 7) is 0. The Kier molecular flexibility index (Phi) is 4.90. The Labute approximate surface area is 146 Å². The van der Waals surface area contributed by atoms with Gasteiger partial charge in [-0.1, -0.05) is 42.1 Å². The van der Waals surface area contributed by atoms with Gasteiger partial charge in [0.2, 0.25) is 0 Å². The van der Waals surface area contributed by atoms with E-state index in [1.54, 1.807) is 18.9 Å². The van der Waals surface area contributed by atoms with Gasteiger partial charge in [-0.25, -0.2) is 0 Å². The number of likely N-dealkylation sites (N-methyl/N-ethyl adjacent to an activating group) is 1. The maximum atomic E-state index is 13.1. The molecule has 1 aliphatic rings. The highest BCUT2D eigenvalue weighted by Crippen LogP contribution is 2.35. The minimum absolute atomic E-state index is 0.0711. The SMILES string of the molecule is COc1ccc(C(=O)C2C(c3ccccc3)N=C(SC)N2C)cc1. The lowest BCUT2D eigenvalue weighted by Crippen LogP contribution is -2.39. The average molecular weight is 340 g/mol. The minimum Gasteiger partial charge on any atom is -0.497 e. The lowest BCUT2D eigenvalue weighted by atomic mass is 9.93. The summed E-state index contributed by atoms with van der Waals surface area (Å²) in [5, 5.41) is 0.885. The summed E-state index contributed by atoms with van der Waals surface area (Å²) in [5.74, 6) is 0.814. The largest absolute Gasteiger partial charge is 0.497 e. The van der Waals surface area contributed by atoms with E-state index in [2.05, 4.69) is 0 Å². The highest BCUT2D eigenvalue weighted by molar-refractivity contribution is 8.13. The molecule has 2 aromatic carbocycles. The van der Waals surface area contributed by atoms with Gasteiger partial charge in [0.1, 0.15) is 17.8 Å². The van der Waals surface area contributed by atoms with Crippen molar-refractivity contribution in [3.05, 3.63) is 65.7 Å². The van der Waals surface area contributed by atoms with E-state index in [-0.39, 0.29) is 17.9 Å². The lowest BCUT2D eigenvalue weighted by Gasteiger charge is -2.25. The van der Waals surface area contributed by atoms with Crippen molar-refractivity contribution >= 4 is 22.7 Å². The second-order valence-corrected chi connectivity index (χ2v) is 6.39. The molecule has 0 fully saturated rings. The lowest BCUT2D eigenvalue weighted by molar-refractivity contribution is 0.0896. The smallest absolute Gasteiger partial charge is 0.187 e. The van der Waals surface area contributed by atoms with Gasteiger partial charge < -0.3 is 9.64 Å². The maximum Gasteiger partial charge on any atom is 0.187 e. The number of ether oxygens (including phenoxy) is 1. The number of methoxy groups -OCH3 is 1. The molecule has 0 radical (unpaired) electrons. The number of hydrogen-bond acceptors (Lipinski definition) is 5. The van der Waals surface area contributed by atoms with Gasteiger partial charge in [0.15, 0.2) is 11.0 Å². The topological polar surface area (TPSA) is 41.9 Å². The molecule has 3 rings (SSSR count). The summed E-state index contributed by atoms with van der Waals surface area (Å²) in [6, 6.07) is 16.7. The monoisotopic (exact) mass is 340 g/mol. The molecule has 0 aromatic heterocycles. The molecule has 4 nitrogen and oxygen atoms in total. The van der Waals surface area contributed by atoms with Crippen molar-refractivity contribution in [1.82, 2.24) is 4.90 Å². The van der Waals surface area contributed by atoms with Gasteiger partial charge in [-0.3, -0.25) is 9.79 Å². The third-order valence-electron chi connectivity index (χ3n) is 4.23. The van der Waals surface area contributed by atoms with Crippen molar-refractivity contribution in [2.24, 2.45) is 4.99 Å². The molecule has 2 unspecified atom stereocenters. The second kappa shape index (κ2) is 7.09. The number of thioether (sulfide) groups is 1. The van der Waals surface area contributed by atoms with Crippen LogP contribution in [0.4, 0.5) is 0 Å². The Hall–Kier alpha value is -2.27. The standard InChI is InChI=1S/C19H20N2O2S/c1-21-17(18(22)14-9-11-15(23-2)12-10-14)16(20-19(21)24-3)13-7-5-4-6-8-13/h4-12,16-17H,1-3H3.